The molecule has 0 amide bonds. The van der Waals surface area contributed by atoms with Crippen LogP contribution in [0.2, 0.25) is 0 Å². The van der Waals surface area contributed by atoms with Crippen molar-refractivity contribution in [2.24, 2.45) is 0 Å². The summed E-state index contributed by atoms with van der Waals surface area (Å²) in [6, 6.07) is 8.15. The highest BCUT2D eigenvalue weighted by Gasteiger charge is 2.38. The molecule has 4 nitrogen and oxygen atoms in total. The average molecular weight is 271 g/mol. The van der Waals surface area contributed by atoms with Gasteiger partial charge in [-0.2, -0.15) is 0 Å². The van der Waals surface area contributed by atoms with E-state index in [0.29, 0.717) is 6.54 Å². The standard InChI is InChI=1S/C16H21N3O/c1-14-4-2-3-5-15(14)16(20)6-8-18(12-16)10-11-19-9-7-17-13-19/h2-5,7,9,13,20H,6,8,10-12H2,1H3. The molecular weight excluding hydrogens is 250 g/mol. The summed E-state index contributed by atoms with van der Waals surface area (Å²) in [5, 5.41) is 10.9. The predicted octanol–water partition coefficient (Wildman–Crippen LogP) is 1.79. The summed E-state index contributed by atoms with van der Waals surface area (Å²) in [6.45, 7) is 5.60. The van der Waals surface area contributed by atoms with Gasteiger partial charge in [-0.1, -0.05) is 24.3 Å². The molecule has 1 atom stereocenters. The van der Waals surface area contributed by atoms with Gasteiger partial charge in [0.15, 0.2) is 0 Å². The van der Waals surface area contributed by atoms with Gasteiger partial charge >= 0.3 is 0 Å². The van der Waals surface area contributed by atoms with Crippen molar-refractivity contribution < 1.29 is 5.11 Å². The number of β-amino-alcohol motifs (C(OH)–C–C–N with tert-alkyl or cyclic N) is 1. The smallest absolute Gasteiger partial charge is 0.104 e. The maximum atomic E-state index is 10.9. The molecule has 0 aliphatic carbocycles. The molecular formula is C16H21N3O. The lowest BCUT2D eigenvalue weighted by Crippen LogP contribution is -2.32. The van der Waals surface area contributed by atoms with Gasteiger partial charge in [-0.3, -0.25) is 4.90 Å². The largest absolute Gasteiger partial charge is 0.384 e. The number of aromatic nitrogens is 2. The van der Waals surface area contributed by atoms with Gasteiger partial charge in [-0.25, -0.2) is 4.98 Å². The second-order valence-electron chi connectivity index (χ2n) is 5.67. The van der Waals surface area contributed by atoms with E-state index in [-0.39, 0.29) is 0 Å². The normalized spacial score (nSPS) is 23.3. The van der Waals surface area contributed by atoms with Gasteiger partial charge in [0.25, 0.3) is 0 Å². The number of imidazole rings is 1. The van der Waals surface area contributed by atoms with E-state index in [0.717, 1.165) is 31.6 Å². The lowest BCUT2D eigenvalue weighted by atomic mass is 9.89. The first kappa shape index (κ1) is 13.3. The van der Waals surface area contributed by atoms with Gasteiger partial charge in [0.1, 0.15) is 5.60 Å². The minimum Gasteiger partial charge on any atom is -0.384 e. The third kappa shape index (κ3) is 2.62. The Balaban J connectivity index is 1.65. The van der Waals surface area contributed by atoms with E-state index in [1.54, 1.807) is 6.20 Å². The van der Waals surface area contributed by atoms with E-state index in [2.05, 4.69) is 33.5 Å². The summed E-state index contributed by atoms with van der Waals surface area (Å²) in [7, 11) is 0. The number of rotatable bonds is 4. The number of nitrogens with zero attached hydrogens (tertiary/aromatic N) is 3. The number of aryl methyl sites for hydroxylation is 1. The highest BCUT2D eigenvalue weighted by atomic mass is 16.3. The molecule has 1 aromatic carbocycles. The Morgan fingerprint density at radius 1 is 1.30 bits per heavy atom. The molecule has 0 bridgehead atoms. The molecule has 1 aliphatic heterocycles. The minimum atomic E-state index is -0.694. The van der Waals surface area contributed by atoms with Crippen LogP contribution in [0.25, 0.3) is 0 Å². The Bertz CT molecular complexity index is 567. The fraction of sp³-hybridized carbons (Fsp3) is 0.438. The lowest BCUT2D eigenvalue weighted by Gasteiger charge is -2.25. The van der Waals surface area contributed by atoms with Crippen molar-refractivity contribution in [3.63, 3.8) is 0 Å². The lowest BCUT2D eigenvalue weighted by molar-refractivity contribution is 0.0452. The van der Waals surface area contributed by atoms with Crippen molar-refractivity contribution >= 4 is 0 Å². The third-order valence-electron chi connectivity index (χ3n) is 4.21. The fourth-order valence-electron chi connectivity index (χ4n) is 3.05. The molecule has 1 fully saturated rings. The molecule has 0 saturated carbocycles. The summed E-state index contributed by atoms with van der Waals surface area (Å²) >= 11 is 0. The van der Waals surface area contributed by atoms with Crippen LogP contribution >= 0.6 is 0 Å². The summed E-state index contributed by atoms with van der Waals surface area (Å²) < 4.78 is 2.07. The molecule has 1 unspecified atom stereocenters. The van der Waals surface area contributed by atoms with Crippen LogP contribution < -0.4 is 0 Å². The molecule has 0 spiro atoms. The van der Waals surface area contributed by atoms with Crippen LogP contribution in [0.15, 0.2) is 43.0 Å². The number of hydrogen-bond donors (Lipinski definition) is 1. The van der Waals surface area contributed by atoms with Crippen molar-refractivity contribution in [1.29, 1.82) is 0 Å². The number of aliphatic hydroxyl groups is 1. The molecule has 4 heteroatoms. The van der Waals surface area contributed by atoms with Crippen LogP contribution in [0.5, 0.6) is 0 Å². The maximum Gasteiger partial charge on any atom is 0.104 e. The maximum absolute atomic E-state index is 10.9. The van der Waals surface area contributed by atoms with Crippen LogP contribution in [-0.2, 0) is 12.1 Å². The van der Waals surface area contributed by atoms with E-state index >= 15 is 0 Å². The monoisotopic (exact) mass is 271 g/mol. The van der Waals surface area contributed by atoms with Crippen LogP contribution in [0.4, 0.5) is 0 Å². The highest BCUT2D eigenvalue weighted by Crippen LogP contribution is 2.33. The van der Waals surface area contributed by atoms with Crippen LogP contribution in [-0.4, -0.2) is 39.2 Å². The Morgan fingerprint density at radius 2 is 2.15 bits per heavy atom. The first-order valence-electron chi connectivity index (χ1n) is 7.14. The zero-order valence-corrected chi connectivity index (χ0v) is 11.9. The zero-order valence-electron chi connectivity index (χ0n) is 11.9. The summed E-state index contributed by atoms with van der Waals surface area (Å²) in [5.74, 6) is 0. The molecule has 1 aromatic heterocycles. The molecule has 2 aromatic rings. The zero-order chi connectivity index (χ0) is 14.0. The van der Waals surface area contributed by atoms with Crippen molar-refractivity contribution in [3.05, 3.63) is 54.1 Å². The molecule has 1 saturated heterocycles. The molecule has 1 N–H and O–H groups in total. The second kappa shape index (κ2) is 5.38. The average Bonchev–Trinajstić information content (AvgIpc) is 3.07. The van der Waals surface area contributed by atoms with E-state index in [1.807, 2.05) is 24.7 Å². The minimum absolute atomic E-state index is 0.694. The molecule has 3 rings (SSSR count). The predicted molar refractivity (Wildman–Crippen MR) is 78.4 cm³/mol. The molecule has 2 heterocycles. The van der Waals surface area contributed by atoms with E-state index in [9.17, 15) is 5.11 Å². The molecule has 106 valence electrons. The van der Waals surface area contributed by atoms with Gasteiger partial charge < -0.3 is 9.67 Å². The number of hydrogen-bond acceptors (Lipinski definition) is 3. The molecule has 0 radical (unpaired) electrons. The van der Waals surface area contributed by atoms with Crippen LogP contribution in [0, 0.1) is 6.92 Å². The van der Waals surface area contributed by atoms with E-state index < -0.39 is 5.60 Å². The molecule has 1 aliphatic rings. The molecule has 20 heavy (non-hydrogen) atoms. The van der Waals surface area contributed by atoms with Crippen molar-refractivity contribution in [2.75, 3.05) is 19.6 Å². The van der Waals surface area contributed by atoms with Gasteiger partial charge in [0, 0.05) is 38.6 Å². The SMILES string of the molecule is Cc1ccccc1C1(O)CCN(CCn2ccnc2)C1. The Morgan fingerprint density at radius 3 is 2.90 bits per heavy atom. The third-order valence-corrected chi connectivity index (χ3v) is 4.21. The van der Waals surface area contributed by atoms with Gasteiger partial charge in [-0.15, -0.1) is 0 Å². The van der Waals surface area contributed by atoms with E-state index in [4.69, 9.17) is 0 Å². The van der Waals surface area contributed by atoms with Crippen LogP contribution in [0.3, 0.4) is 0 Å². The highest BCUT2D eigenvalue weighted by molar-refractivity contribution is 5.32. The Hall–Kier alpha value is -1.65. The summed E-state index contributed by atoms with van der Waals surface area (Å²) in [4.78, 5) is 6.38. The van der Waals surface area contributed by atoms with Crippen molar-refractivity contribution in [3.8, 4) is 0 Å². The van der Waals surface area contributed by atoms with Gasteiger partial charge in [0.05, 0.1) is 6.33 Å². The van der Waals surface area contributed by atoms with Gasteiger partial charge in [0.2, 0.25) is 0 Å². The Labute approximate surface area is 119 Å². The second-order valence-corrected chi connectivity index (χ2v) is 5.67. The van der Waals surface area contributed by atoms with Crippen LogP contribution in [0.1, 0.15) is 17.5 Å². The van der Waals surface area contributed by atoms with Crippen molar-refractivity contribution in [2.45, 2.75) is 25.5 Å². The summed E-state index contributed by atoms with van der Waals surface area (Å²) in [6.07, 6.45) is 6.42. The first-order valence-corrected chi connectivity index (χ1v) is 7.14. The fourth-order valence-corrected chi connectivity index (χ4v) is 3.05. The quantitative estimate of drug-likeness (QED) is 0.921. The first-order chi connectivity index (χ1) is 9.67. The Kier molecular flexibility index (Phi) is 3.59. The van der Waals surface area contributed by atoms with Crippen molar-refractivity contribution in [1.82, 2.24) is 14.5 Å². The van der Waals surface area contributed by atoms with Gasteiger partial charge in [-0.05, 0) is 24.5 Å². The topological polar surface area (TPSA) is 41.3 Å². The number of likely N-dealkylation sites (tertiary alicyclic amines) is 1. The number of benzene rings is 1. The summed E-state index contributed by atoms with van der Waals surface area (Å²) in [5.41, 5.74) is 1.55. The van der Waals surface area contributed by atoms with E-state index in [1.165, 1.54) is 5.56 Å².